The third-order valence-corrected chi connectivity index (χ3v) is 10.2. The highest BCUT2D eigenvalue weighted by atomic mass is 32.2. The van der Waals surface area contributed by atoms with Gasteiger partial charge in [-0.2, -0.15) is 11.8 Å². The van der Waals surface area contributed by atoms with Crippen LogP contribution in [0.4, 0.5) is 0 Å². The summed E-state index contributed by atoms with van der Waals surface area (Å²) in [6.45, 7) is 8.18. The Bertz CT molecular complexity index is 1270. The average Bonchev–Trinajstić information content (AvgIpc) is 3.12. The van der Waals surface area contributed by atoms with Gasteiger partial charge in [0.2, 0.25) is 41.4 Å². The molecule has 0 saturated heterocycles. The third kappa shape index (κ3) is 20.6. The molecule has 0 spiro atoms. The van der Waals surface area contributed by atoms with E-state index in [4.69, 9.17) is 5.73 Å². The Kier molecular flexibility index (Phi) is 24.6. The Balaban J connectivity index is 2.99. The van der Waals surface area contributed by atoms with Gasteiger partial charge in [0.1, 0.15) is 36.3 Å². The second kappa shape index (κ2) is 27.2. The van der Waals surface area contributed by atoms with Gasteiger partial charge in [-0.3, -0.25) is 33.6 Å². The van der Waals surface area contributed by atoms with Gasteiger partial charge in [-0.1, -0.05) is 46.0 Å². The number of carbonyl (C=O) groups is 7. The predicted molar refractivity (Wildman–Crippen MR) is 218 cm³/mol. The van der Waals surface area contributed by atoms with Crippen molar-refractivity contribution >= 4 is 53.1 Å². The Morgan fingerprint density at radius 3 is 1.68 bits per heavy atom. The SMILES string of the molecule is CSCC[C@H](NC(=O)[C@H](C)NC(=O)[C@H](CCCCN(C)C)NC(=O)[C@H](CC1CCCCC1)NC(C)=O)C(=O)N[C@@H](C)C(=O)N[C@@H](CO)C(=O)N[C@H](N)CC(C)C. The van der Waals surface area contributed by atoms with Gasteiger partial charge in [0.05, 0.1) is 12.8 Å². The van der Waals surface area contributed by atoms with Crippen molar-refractivity contribution < 1.29 is 38.7 Å². The molecule has 1 saturated carbocycles. The number of hydrogen-bond acceptors (Lipinski definition) is 11. The number of thioether (sulfide) groups is 1. The van der Waals surface area contributed by atoms with E-state index in [1.54, 1.807) is 0 Å². The quantitative estimate of drug-likeness (QED) is 0.0410. The molecule has 7 amide bonds. The molecule has 322 valence electrons. The first-order valence-electron chi connectivity index (χ1n) is 20.0. The average molecular weight is 814 g/mol. The Hall–Kier alpha value is -3.48. The van der Waals surface area contributed by atoms with Gasteiger partial charge < -0.3 is 53.0 Å². The number of nitrogens with one attached hydrogen (secondary N) is 7. The molecule has 0 unspecified atom stereocenters. The fourth-order valence-corrected chi connectivity index (χ4v) is 6.92. The van der Waals surface area contributed by atoms with Crippen LogP contribution in [0.15, 0.2) is 0 Å². The number of hydrogen-bond donors (Lipinski definition) is 9. The van der Waals surface area contributed by atoms with Gasteiger partial charge in [0, 0.05) is 6.92 Å². The molecule has 1 aliphatic carbocycles. The van der Waals surface area contributed by atoms with Crippen LogP contribution in [0.2, 0.25) is 0 Å². The van der Waals surface area contributed by atoms with Crippen LogP contribution in [-0.2, 0) is 33.6 Å². The number of rotatable bonds is 26. The van der Waals surface area contributed by atoms with E-state index in [1.807, 2.05) is 39.1 Å². The van der Waals surface area contributed by atoms with Gasteiger partial charge in [-0.05, 0) is 96.9 Å². The predicted octanol–water partition coefficient (Wildman–Crippen LogP) is -0.150. The van der Waals surface area contributed by atoms with Crippen LogP contribution in [0, 0.1) is 11.8 Å². The molecular weight excluding hydrogens is 743 g/mol. The van der Waals surface area contributed by atoms with Gasteiger partial charge in [0.15, 0.2) is 0 Å². The highest BCUT2D eigenvalue weighted by Crippen LogP contribution is 2.27. The van der Waals surface area contributed by atoms with Crippen molar-refractivity contribution in [1.82, 2.24) is 42.1 Å². The summed E-state index contributed by atoms with van der Waals surface area (Å²) in [5, 5.41) is 28.2. The molecule has 0 bridgehead atoms. The summed E-state index contributed by atoms with van der Waals surface area (Å²) in [5.74, 6) is -3.11. The Labute approximate surface area is 337 Å². The lowest BCUT2D eigenvalue weighted by Gasteiger charge is -2.28. The van der Waals surface area contributed by atoms with Crippen LogP contribution in [0.3, 0.4) is 0 Å². The monoisotopic (exact) mass is 814 g/mol. The highest BCUT2D eigenvalue weighted by Gasteiger charge is 2.32. The number of unbranched alkanes of at least 4 members (excludes halogenated alkanes) is 1. The van der Waals surface area contributed by atoms with Crippen LogP contribution in [-0.4, -0.2) is 133 Å². The van der Waals surface area contributed by atoms with Crippen molar-refractivity contribution in [1.29, 1.82) is 0 Å². The van der Waals surface area contributed by atoms with Crippen molar-refractivity contribution in [3.05, 3.63) is 0 Å². The molecule has 1 aliphatic rings. The molecule has 10 N–H and O–H groups in total. The zero-order valence-corrected chi connectivity index (χ0v) is 35.6. The van der Waals surface area contributed by atoms with Gasteiger partial charge >= 0.3 is 0 Å². The van der Waals surface area contributed by atoms with E-state index < -0.39 is 84.5 Å². The molecule has 17 nitrogen and oxygen atoms in total. The van der Waals surface area contributed by atoms with E-state index >= 15 is 0 Å². The van der Waals surface area contributed by atoms with Crippen LogP contribution in [0.25, 0.3) is 0 Å². The van der Waals surface area contributed by atoms with Crippen LogP contribution >= 0.6 is 11.8 Å². The second-order valence-corrected chi connectivity index (χ2v) is 16.6. The molecule has 7 atom stereocenters. The van der Waals surface area contributed by atoms with Crippen molar-refractivity contribution in [2.45, 2.75) is 148 Å². The highest BCUT2D eigenvalue weighted by molar-refractivity contribution is 7.98. The first-order valence-corrected chi connectivity index (χ1v) is 21.4. The number of carbonyl (C=O) groups excluding carboxylic acids is 7. The molecule has 56 heavy (non-hydrogen) atoms. The minimum atomic E-state index is -1.30. The van der Waals surface area contributed by atoms with E-state index in [-0.39, 0.29) is 18.2 Å². The lowest BCUT2D eigenvalue weighted by Crippen LogP contribution is -2.59. The standard InChI is InChI=1S/C38H71N9O8S/c1-23(2)20-32(39)46-38(55)31(22-48)45-34(51)25(4)41-36(53)29(17-19-56-8)43-33(50)24(3)40-35(52)28(16-12-13-18-47(6)7)44-37(54)30(42-26(5)49)21-27-14-10-9-11-15-27/h23-25,27-32,48H,9-22,39H2,1-8H3,(H,40,52)(H,41,53)(H,42,49)(H,43,50)(H,44,54)(H,45,51)(H,46,55)/t24-,25-,28-,29-,30-,31-,32-/m0/s1. The fraction of sp³-hybridized carbons (Fsp3) is 0.816. The number of aliphatic hydroxyl groups is 1. The van der Waals surface area contributed by atoms with E-state index in [9.17, 15) is 38.7 Å². The summed E-state index contributed by atoms with van der Waals surface area (Å²) >= 11 is 1.45. The maximum atomic E-state index is 13.7. The number of nitrogens with zero attached hydrogens (tertiary/aromatic N) is 1. The zero-order chi connectivity index (χ0) is 42.4. The third-order valence-electron chi connectivity index (χ3n) is 9.59. The molecule has 0 aliphatic heterocycles. The first kappa shape index (κ1) is 50.5. The molecule has 0 aromatic rings. The van der Waals surface area contributed by atoms with Crippen molar-refractivity contribution in [2.75, 3.05) is 39.3 Å². The van der Waals surface area contributed by atoms with Gasteiger partial charge in [-0.25, -0.2) is 0 Å². The maximum Gasteiger partial charge on any atom is 0.246 e. The largest absolute Gasteiger partial charge is 0.394 e. The number of amides is 7. The summed E-state index contributed by atoms with van der Waals surface area (Å²) in [5.41, 5.74) is 5.93. The molecule has 1 rings (SSSR count). The van der Waals surface area contributed by atoms with Crippen molar-refractivity contribution in [2.24, 2.45) is 17.6 Å². The molecule has 0 aromatic heterocycles. The van der Waals surface area contributed by atoms with Crippen LogP contribution < -0.4 is 43.0 Å². The van der Waals surface area contributed by atoms with E-state index in [0.717, 1.165) is 45.1 Å². The molecule has 0 heterocycles. The Morgan fingerprint density at radius 2 is 1.18 bits per heavy atom. The lowest BCUT2D eigenvalue weighted by molar-refractivity contribution is -0.135. The Morgan fingerprint density at radius 1 is 0.679 bits per heavy atom. The molecule has 18 heteroatoms. The molecule has 1 fully saturated rings. The molecule has 0 radical (unpaired) electrons. The summed E-state index contributed by atoms with van der Waals surface area (Å²) in [6, 6.07) is -6.40. The second-order valence-electron chi connectivity index (χ2n) is 15.6. The maximum absolute atomic E-state index is 13.7. The minimum absolute atomic E-state index is 0.208. The van der Waals surface area contributed by atoms with E-state index in [0.29, 0.717) is 37.4 Å². The summed E-state index contributed by atoms with van der Waals surface area (Å²) in [6.07, 6.45) is 9.27. The van der Waals surface area contributed by atoms with Gasteiger partial charge in [-0.15, -0.1) is 0 Å². The number of nitrogens with two attached hydrogens (primary N) is 1. The normalized spacial score (nSPS) is 17.0. The summed E-state index contributed by atoms with van der Waals surface area (Å²) < 4.78 is 0. The molecule has 0 aromatic carbocycles. The van der Waals surface area contributed by atoms with Crippen LogP contribution in [0.5, 0.6) is 0 Å². The topological polar surface area (TPSA) is 253 Å². The summed E-state index contributed by atoms with van der Waals surface area (Å²) in [7, 11) is 3.88. The smallest absolute Gasteiger partial charge is 0.246 e. The van der Waals surface area contributed by atoms with Crippen molar-refractivity contribution in [3.8, 4) is 0 Å². The van der Waals surface area contributed by atoms with E-state index in [2.05, 4.69) is 37.2 Å². The fourth-order valence-electron chi connectivity index (χ4n) is 6.45. The van der Waals surface area contributed by atoms with Crippen molar-refractivity contribution in [3.63, 3.8) is 0 Å². The summed E-state index contributed by atoms with van der Waals surface area (Å²) in [4.78, 5) is 93.6. The number of aliphatic hydroxyl groups excluding tert-OH is 1. The molecular formula is C38H71N9O8S. The van der Waals surface area contributed by atoms with Gasteiger partial charge in [0.25, 0.3) is 0 Å². The van der Waals surface area contributed by atoms with E-state index in [1.165, 1.54) is 32.5 Å². The lowest BCUT2D eigenvalue weighted by atomic mass is 9.84. The first-order chi connectivity index (χ1) is 26.4. The van der Waals surface area contributed by atoms with Crippen LogP contribution in [0.1, 0.15) is 105 Å². The zero-order valence-electron chi connectivity index (χ0n) is 34.8. The minimum Gasteiger partial charge on any atom is -0.394 e.